The first kappa shape index (κ1) is 15.1. The summed E-state index contributed by atoms with van der Waals surface area (Å²) in [5.74, 6) is 0.328. The van der Waals surface area contributed by atoms with E-state index >= 15 is 0 Å². The number of hydrogen-bond donors (Lipinski definition) is 3. The summed E-state index contributed by atoms with van der Waals surface area (Å²) in [4.78, 5) is 11.4. The molecule has 0 bridgehead atoms. The van der Waals surface area contributed by atoms with Gasteiger partial charge in [0.15, 0.2) is 0 Å². The third-order valence-electron chi connectivity index (χ3n) is 2.67. The lowest BCUT2D eigenvalue weighted by Gasteiger charge is -2.21. The van der Waals surface area contributed by atoms with Crippen LogP contribution in [0.4, 0.5) is 11.4 Å². The van der Waals surface area contributed by atoms with Gasteiger partial charge in [-0.1, -0.05) is 13.8 Å². The molecule has 5 N–H and O–H groups in total. The summed E-state index contributed by atoms with van der Waals surface area (Å²) in [6.45, 7) is 7.73. The van der Waals surface area contributed by atoms with E-state index < -0.39 is 6.04 Å². The van der Waals surface area contributed by atoms with Crippen molar-refractivity contribution in [2.75, 3.05) is 11.1 Å². The number of primary amides is 1. The van der Waals surface area contributed by atoms with Gasteiger partial charge in [-0.3, -0.25) is 4.79 Å². The summed E-state index contributed by atoms with van der Waals surface area (Å²) in [5, 5.41) is 3.11. The summed E-state index contributed by atoms with van der Waals surface area (Å²) >= 11 is 0. The minimum absolute atomic E-state index is 0.0367. The van der Waals surface area contributed by atoms with E-state index in [9.17, 15) is 4.79 Å². The molecule has 1 amide bonds. The van der Waals surface area contributed by atoms with Gasteiger partial charge in [-0.2, -0.15) is 0 Å². The van der Waals surface area contributed by atoms with E-state index in [1.165, 1.54) is 0 Å². The first-order valence-electron chi connectivity index (χ1n) is 6.43. The van der Waals surface area contributed by atoms with Gasteiger partial charge in [-0.05, 0) is 31.9 Å². The molecule has 1 aromatic rings. The Hall–Kier alpha value is -1.91. The first-order valence-corrected chi connectivity index (χ1v) is 6.43. The average molecular weight is 265 g/mol. The van der Waals surface area contributed by atoms with Crippen LogP contribution in [-0.4, -0.2) is 18.1 Å². The molecule has 0 saturated heterocycles. The number of hydrogen-bond acceptors (Lipinski definition) is 4. The predicted molar refractivity (Wildman–Crippen MR) is 78.1 cm³/mol. The average Bonchev–Trinajstić information content (AvgIpc) is 2.28. The molecule has 0 radical (unpaired) electrons. The van der Waals surface area contributed by atoms with Crippen molar-refractivity contribution in [2.45, 2.75) is 39.8 Å². The standard InChI is InChI=1S/C14H23N3O2/c1-8(2)13(14(16)18)17-10-5-6-11(15)12(7-10)19-9(3)4/h5-9,13,17H,15H2,1-4H3,(H2,16,18). The number of rotatable bonds is 6. The molecule has 0 aliphatic heterocycles. The number of nitrogens with one attached hydrogen (secondary N) is 1. The topological polar surface area (TPSA) is 90.4 Å². The molecule has 0 aliphatic carbocycles. The van der Waals surface area contributed by atoms with Crippen LogP contribution in [0.2, 0.25) is 0 Å². The van der Waals surface area contributed by atoms with Gasteiger partial charge < -0.3 is 21.5 Å². The maximum Gasteiger partial charge on any atom is 0.240 e. The van der Waals surface area contributed by atoms with E-state index in [0.29, 0.717) is 11.4 Å². The van der Waals surface area contributed by atoms with Crippen molar-refractivity contribution in [2.24, 2.45) is 11.7 Å². The molecule has 106 valence electrons. The lowest BCUT2D eigenvalue weighted by atomic mass is 10.0. The molecule has 0 spiro atoms. The Balaban J connectivity index is 2.92. The van der Waals surface area contributed by atoms with Crippen LogP contribution < -0.4 is 21.5 Å². The summed E-state index contributed by atoms with van der Waals surface area (Å²) in [6, 6.07) is 4.92. The van der Waals surface area contributed by atoms with Crippen LogP contribution in [0.1, 0.15) is 27.7 Å². The SMILES string of the molecule is CC(C)Oc1cc(NC(C(N)=O)C(C)C)ccc1N. The van der Waals surface area contributed by atoms with E-state index in [1.807, 2.05) is 27.7 Å². The van der Waals surface area contributed by atoms with Crippen LogP contribution in [0.3, 0.4) is 0 Å². The third-order valence-corrected chi connectivity index (χ3v) is 2.67. The highest BCUT2D eigenvalue weighted by atomic mass is 16.5. The van der Waals surface area contributed by atoms with E-state index in [2.05, 4.69) is 5.32 Å². The first-order chi connectivity index (χ1) is 8.81. The van der Waals surface area contributed by atoms with Gasteiger partial charge in [0, 0.05) is 11.8 Å². The number of benzene rings is 1. The number of ether oxygens (including phenoxy) is 1. The molecule has 5 nitrogen and oxygen atoms in total. The van der Waals surface area contributed by atoms with Crippen LogP contribution in [0.5, 0.6) is 5.75 Å². The summed E-state index contributed by atoms with van der Waals surface area (Å²) in [5.41, 5.74) is 12.6. The minimum Gasteiger partial charge on any atom is -0.489 e. The van der Waals surface area contributed by atoms with Gasteiger partial charge in [0.1, 0.15) is 11.8 Å². The van der Waals surface area contributed by atoms with E-state index in [4.69, 9.17) is 16.2 Å². The van der Waals surface area contributed by atoms with Gasteiger partial charge in [-0.25, -0.2) is 0 Å². The molecule has 0 saturated carbocycles. The molecule has 0 fully saturated rings. The normalized spacial score (nSPS) is 12.5. The van der Waals surface area contributed by atoms with Crippen molar-refractivity contribution in [1.29, 1.82) is 0 Å². The lowest BCUT2D eigenvalue weighted by molar-refractivity contribution is -0.119. The molecular formula is C14H23N3O2. The Morgan fingerprint density at radius 1 is 1.26 bits per heavy atom. The Kier molecular flexibility index (Phi) is 5.03. The minimum atomic E-state index is -0.421. The van der Waals surface area contributed by atoms with Crippen LogP contribution in [0.15, 0.2) is 18.2 Å². The van der Waals surface area contributed by atoms with Gasteiger partial charge in [-0.15, -0.1) is 0 Å². The third kappa shape index (κ3) is 4.35. The number of carbonyl (C=O) groups is 1. The Morgan fingerprint density at radius 2 is 1.89 bits per heavy atom. The Morgan fingerprint density at radius 3 is 2.37 bits per heavy atom. The molecule has 1 unspecified atom stereocenters. The quantitative estimate of drug-likeness (QED) is 0.686. The van der Waals surface area contributed by atoms with E-state index in [0.717, 1.165) is 5.69 Å². The fourth-order valence-corrected chi connectivity index (χ4v) is 1.73. The van der Waals surface area contributed by atoms with Gasteiger partial charge in [0.05, 0.1) is 11.8 Å². The zero-order chi connectivity index (χ0) is 14.6. The van der Waals surface area contributed by atoms with Crippen LogP contribution in [-0.2, 0) is 4.79 Å². The van der Waals surface area contributed by atoms with Crippen LogP contribution >= 0.6 is 0 Å². The predicted octanol–water partition coefficient (Wildman–Crippen LogP) is 1.98. The van der Waals surface area contributed by atoms with Crippen molar-refractivity contribution in [1.82, 2.24) is 0 Å². The number of carbonyl (C=O) groups excluding carboxylic acids is 1. The van der Waals surface area contributed by atoms with Gasteiger partial charge in [0.25, 0.3) is 0 Å². The fraction of sp³-hybridized carbons (Fsp3) is 0.500. The number of nitrogens with two attached hydrogens (primary N) is 2. The largest absolute Gasteiger partial charge is 0.489 e. The summed E-state index contributed by atoms with van der Waals surface area (Å²) in [7, 11) is 0. The Labute approximate surface area is 114 Å². The zero-order valence-electron chi connectivity index (χ0n) is 11.9. The van der Waals surface area contributed by atoms with Crippen molar-refractivity contribution in [3.63, 3.8) is 0 Å². The molecule has 5 heteroatoms. The molecule has 1 aromatic carbocycles. The second-order valence-electron chi connectivity index (χ2n) is 5.19. The highest BCUT2D eigenvalue weighted by Crippen LogP contribution is 2.27. The molecular weight excluding hydrogens is 242 g/mol. The molecule has 19 heavy (non-hydrogen) atoms. The highest BCUT2D eigenvalue weighted by Gasteiger charge is 2.19. The zero-order valence-corrected chi connectivity index (χ0v) is 11.9. The molecule has 1 rings (SSSR count). The monoisotopic (exact) mass is 265 g/mol. The number of nitrogen functional groups attached to an aromatic ring is 1. The van der Waals surface area contributed by atoms with E-state index in [-0.39, 0.29) is 17.9 Å². The molecule has 0 heterocycles. The van der Waals surface area contributed by atoms with Crippen molar-refractivity contribution in [3.05, 3.63) is 18.2 Å². The van der Waals surface area contributed by atoms with Crippen molar-refractivity contribution >= 4 is 17.3 Å². The number of amides is 1. The lowest BCUT2D eigenvalue weighted by Crippen LogP contribution is -2.39. The highest BCUT2D eigenvalue weighted by molar-refractivity contribution is 5.83. The van der Waals surface area contributed by atoms with Crippen molar-refractivity contribution < 1.29 is 9.53 Å². The van der Waals surface area contributed by atoms with Gasteiger partial charge >= 0.3 is 0 Å². The van der Waals surface area contributed by atoms with Crippen LogP contribution in [0.25, 0.3) is 0 Å². The second-order valence-corrected chi connectivity index (χ2v) is 5.19. The smallest absolute Gasteiger partial charge is 0.240 e. The maximum absolute atomic E-state index is 11.4. The summed E-state index contributed by atoms with van der Waals surface area (Å²) in [6.07, 6.45) is 0.0367. The number of anilines is 2. The van der Waals surface area contributed by atoms with E-state index in [1.54, 1.807) is 18.2 Å². The second kappa shape index (κ2) is 6.31. The van der Waals surface area contributed by atoms with Crippen molar-refractivity contribution in [3.8, 4) is 5.75 Å². The molecule has 0 aromatic heterocycles. The molecule has 0 aliphatic rings. The maximum atomic E-state index is 11.4. The Bertz CT molecular complexity index is 444. The van der Waals surface area contributed by atoms with Gasteiger partial charge in [0.2, 0.25) is 5.91 Å². The fourth-order valence-electron chi connectivity index (χ4n) is 1.73. The summed E-state index contributed by atoms with van der Waals surface area (Å²) < 4.78 is 5.61. The molecule has 1 atom stereocenters. The van der Waals surface area contributed by atoms with Crippen LogP contribution in [0, 0.1) is 5.92 Å².